The molecule has 0 amide bonds. The van der Waals surface area contributed by atoms with Gasteiger partial charge in [0.15, 0.2) is 0 Å². The lowest BCUT2D eigenvalue weighted by Gasteiger charge is -2.14. The highest BCUT2D eigenvalue weighted by Gasteiger charge is 2.18. The smallest absolute Gasteiger partial charge is 0.308 e. The van der Waals surface area contributed by atoms with E-state index in [1.54, 1.807) is 7.11 Å². The van der Waals surface area contributed by atoms with Crippen LogP contribution in [0.5, 0.6) is 5.75 Å². The first-order valence-electron chi connectivity index (χ1n) is 6.15. The Kier molecular flexibility index (Phi) is 4.23. The van der Waals surface area contributed by atoms with Crippen LogP contribution in [0.25, 0.3) is 0 Å². The fourth-order valence-electron chi connectivity index (χ4n) is 2.06. The molecule has 1 aromatic heterocycles. The van der Waals surface area contributed by atoms with Crippen molar-refractivity contribution in [2.45, 2.75) is 13.0 Å². The van der Waals surface area contributed by atoms with Crippen molar-refractivity contribution in [2.75, 3.05) is 7.11 Å². The summed E-state index contributed by atoms with van der Waals surface area (Å²) in [5, 5.41) is 9.32. The SMILES string of the molecule is COc1cccc(CC(Cn2cccc2)C(=O)O)c1. The number of hydrogen-bond donors (Lipinski definition) is 1. The maximum Gasteiger partial charge on any atom is 0.308 e. The third kappa shape index (κ3) is 3.61. The maximum atomic E-state index is 11.3. The first-order valence-corrected chi connectivity index (χ1v) is 6.15. The molecule has 100 valence electrons. The molecule has 0 saturated heterocycles. The van der Waals surface area contributed by atoms with Gasteiger partial charge in [-0.25, -0.2) is 0 Å². The summed E-state index contributed by atoms with van der Waals surface area (Å²) in [6.45, 7) is 0.472. The van der Waals surface area contributed by atoms with Crippen LogP contribution >= 0.6 is 0 Å². The first kappa shape index (κ1) is 13.2. The van der Waals surface area contributed by atoms with Gasteiger partial charge in [0.2, 0.25) is 0 Å². The van der Waals surface area contributed by atoms with Crippen LogP contribution in [0.3, 0.4) is 0 Å². The molecular weight excluding hydrogens is 242 g/mol. The van der Waals surface area contributed by atoms with Gasteiger partial charge in [-0.05, 0) is 36.2 Å². The van der Waals surface area contributed by atoms with E-state index in [1.807, 2.05) is 53.4 Å². The number of carboxylic acids is 1. The Morgan fingerprint density at radius 2 is 2.05 bits per heavy atom. The summed E-state index contributed by atoms with van der Waals surface area (Å²) in [5.74, 6) is -0.473. The number of carboxylic acid groups (broad SMARTS) is 1. The summed E-state index contributed by atoms with van der Waals surface area (Å²) in [6.07, 6.45) is 4.24. The number of ether oxygens (including phenoxy) is 1. The van der Waals surface area contributed by atoms with E-state index in [1.165, 1.54) is 0 Å². The standard InChI is InChI=1S/C15H17NO3/c1-19-14-6-4-5-12(10-14)9-13(15(17)18)11-16-7-2-3-8-16/h2-8,10,13H,9,11H2,1H3,(H,17,18). The van der Waals surface area contributed by atoms with Crippen molar-refractivity contribution in [3.8, 4) is 5.75 Å². The number of methoxy groups -OCH3 is 1. The van der Waals surface area contributed by atoms with Gasteiger partial charge in [-0.1, -0.05) is 12.1 Å². The Hall–Kier alpha value is -2.23. The number of aromatic nitrogens is 1. The van der Waals surface area contributed by atoms with Gasteiger partial charge in [0.25, 0.3) is 0 Å². The minimum Gasteiger partial charge on any atom is -0.497 e. The van der Waals surface area contributed by atoms with Crippen LogP contribution in [-0.2, 0) is 17.8 Å². The predicted octanol–water partition coefficient (Wildman–Crippen LogP) is 2.44. The van der Waals surface area contributed by atoms with Crippen LogP contribution in [0, 0.1) is 5.92 Å². The molecule has 1 aromatic carbocycles. The highest BCUT2D eigenvalue weighted by molar-refractivity contribution is 5.70. The number of carbonyl (C=O) groups is 1. The molecule has 0 aliphatic carbocycles. The number of nitrogens with zero attached hydrogens (tertiary/aromatic N) is 1. The second kappa shape index (κ2) is 6.09. The summed E-state index contributed by atoms with van der Waals surface area (Å²) in [6, 6.07) is 11.3. The van der Waals surface area contributed by atoms with Gasteiger partial charge in [0, 0.05) is 18.9 Å². The second-order valence-electron chi connectivity index (χ2n) is 4.47. The molecule has 0 aliphatic heterocycles. The normalized spacial score (nSPS) is 12.1. The summed E-state index contributed by atoms with van der Waals surface area (Å²) in [7, 11) is 1.60. The average Bonchev–Trinajstić information content (AvgIpc) is 2.91. The molecule has 2 rings (SSSR count). The van der Waals surface area contributed by atoms with E-state index in [4.69, 9.17) is 4.74 Å². The van der Waals surface area contributed by atoms with Crippen molar-refractivity contribution < 1.29 is 14.6 Å². The minimum atomic E-state index is -0.781. The molecule has 1 heterocycles. The van der Waals surface area contributed by atoms with E-state index >= 15 is 0 Å². The number of rotatable bonds is 6. The van der Waals surface area contributed by atoms with Crippen molar-refractivity contribution in [2.24, 2.45) is 5.92 Å². The van der Waals surface area contributed by atoms with Crippen LogP contribution < -0.4 is 4.74 Å². The molecule has 0 aliphatic rings. The lowest BCUT2D eigenvalue weighted by molar-refractivity contribution is -0.142. The highest BCUT2D eigenvalue weighted by Crippen LogP contribution is 2.17. The number of hydrogen-bond acceptors (Lipinski definition) is 2. The molecule has 0 saturated carbocycles. The molecule has 0 bridgehead atoms. The molecule has 19 heavy (non-hydrogen) atoms. The van der Waals surface area contributed by atoms with E-state index in [2.05, 4.69) is 0 Å². The third-order valence-electron chi connectivity index (χ3n) is 3.06. The fraction of sp³-hybridized carbons (Fsp3) is 0.267. The highest BCUT2D eigenvalue weighted by atomic mass is 16.5. The first-order chi connectivity index (χ1) is 9.19. The lowest BCUT2D eigenvalue weighted by Crippen LogP contribution is -2.21. The average molecular weight is 259 g/mol. The summed E-state index contributed by atoms with van der Waals surface area (Å²) < 4.78 is 7.04. The molecule has 0 radical (unpaired) electrons. The van der Waals surface area contributed by atoms with Crippen molar-refractivity contribution in [1.82, 2.24) is 4.57 Å². The second-order valence-corrected chi connectivity index (χ2v) is 4.47. The molecule has 4 nitrogen and oxygen atoms in total. The molecular formula is C15H17NO3. The van der Waals surface area contributed by atoms with Gasteiger partial charge in [-0.15, -0.1) is 0 Å². The zero-order valence-electron chi connectivity index (χ0n) is 10.8. The molecule has 1 N–H and O–H groups in total. The summed E-state index contributed by atoms with van der Waals surface area (Å²) >= 11 is 0. The van der Waals surface area contributed by atoms with Crippen LogP contribution in [0.4, 0.5) is 0 Å². The Balaban J connectivity index is 2.09. The van der Waals surface area contributed by atoms with Gasteiger partial charge < -0.3 is 14.4 Å². The van der Waals surface area contributed by atoms with Crippen molar-refractivity contribution in [3.63, 3.8) is 0 Å². The van der Waals surface area contributed by atoms with Gasteiger partial charge >= 0.3 is 5.97 Å². The predicted molar refractivity (Wildman–Crippen MR) is 72.3 cm³/mol. The molecule has 0 spiro atoms. The van der Waals surface area contributed by atoms with Gasteiger partial charge in [-0.3, -0.25) is 4.79 Å². The molecule has 0 fully saturated rings. The number of benzene rings is 1. The number of aliphatic carboxylic acids is 1. The quantitative estimate of drug-likeness (QED) is 0.866. The van der Waals surface area contributed by atoms with Crippen LogP contribution in [0.2, 0.25) is 0 Å². The largest absolute Gasteiger partial charge is 0.497 e. The van der Waals surface area contributed by atoms with Gasteiger partial charge in [0.05, 0.1) is 13.0 Å². The minimum absolute atomic E-state index is 0.445. The summed E-state index contributed by atoms with van der Waals surface area (Å²) in [5.41, 5.74) is 0.971. The zero-order valence-corrected chi connectivity index (χ0v) is 10.8. The Labute approximate surface area is 112 Å². The molecule has 2 aromatic rings. The monoisotopic (exact) mass is 259 g/mol. The molecule has 1 atom stereocenters. The van der Waals surface area contributed by atoms with E-state index in [0.717, 1.165) is 11.3 Å². The Morgan fingerprint density at radius 3 is 2.68 bits per heavy atom. The topological polar surface area (TPSA) is 51.5 Å². The van der Waals surface area contributed by atoms with Crippen LogP contribution in [0.15, 0.2) is 48.8 Å². The Morgan fingerprint density at radius 1 is 1.32 bits per heavy atom. The van der Waals surface area contributed by atoms with Crippen molar-refractivity contribution in [1.29, 1.82) is 0 Å². The van der Waals surface area contributed by atoms with E-state index in [9.17, 15) is 9.90 Å². The van der Waals surface area contributed by atoms with E-state index in [-0.39, 0.29) is 0 Å². The zero-order chi connectivity index (χ0) is 13.7. The molecule has 4 heteroatoms. The Bertz CT molecular complexity index is 534. The van der Waals surface area contributed by atoms with Crippen molar-refractivity contribution in [3.05, 3.63) is 54.4 Å². The molecule has 1 unspecified atom stereocenters. The lowest BCUT2D eigenvalue weighted by atomic mass is 9.99. The van der Waals surface area contributed by atoms with E-state index in [0.29, 0.717) is 13.0 Å². The fourth-order valence-corrected chi connectivity index (χ4v) is 2.06. The van der Waals surface area contributed by atoms with Crippen molar-refractivity contribution >= 4 is 5.97 Å². The third-order valence-corrected chi connectivity index (χ3v) is 3.06. The summed E-state index contributed by atoms with van der Waals surface area (Å²) in [4.78, 5) is 11.3. The van der Waals surface area contributed by atoms with Crippen LogP contribution in [0.1, 0.15) is 5.56 Å². The maximum absolute atomic E-state index is 11.3. The van der Waals surface area contributed by atoms with Gasteiger partial charge in [0.1, 0.15) is 5.75 Å². The van der Waals surface area contributed by atoms with Gasteiger partial charge in [-0.2, -0.15) is 0 Å². The van der Waals surface area contributed by atoms with Crippen LogP contribution in [-0.4, -0.2) is 22.8 Å². The van der Waals surface area contributed by atoms with E-state index < -0.39 is 11.9 Å².